The van der Waals surface area contributed by atoms with Crippen molar-refractivity contribution in [2.75, 3.05) is 19.0 Å². The number of aromatic nitrogens is 2. The van der Waals surface area contributed by atoms with Gasteiger partial charge in [0, 0.05) is 24.3 Å². The Morgan fingerprint density at radius 1 is 1.42 bits per heavy atom. The fourth-order valence-electron chi connectivity index (χ4n) is 2.76. The molecule has 0 fully saturated rings. The zero-order chi connectivity index (χ0) is 13.2. The summed E-state index contributed by atoms with van der Waals surface area (Å²) in [5, 5.41) is 7.87. The second-order valence-corrected chi connectivity index (χ2v) is 4.74. The first kappa shape index (κ1) is 12.1. The quantitative estimate of drug-likeness (QED) is 0.919. The molecule has 0 amide bonds. The van der Waals surface area contributed by atoms with Gasteiger partial charge < -0.3 is 10.1 Å². The molecule has 0 aliphatic carbocycles. The first-order valence-corrected chi connectivity index (χ1v) is 6.81. The van der Waals surface area contributed by atoms with Gasteiger partial charge in [-0.05, 0) is 31.4 Å². The minimum absolute atomic E-state index is 0.843. The SMILES string of the molecule is CCn1ncc(OC)c1-c1cccc2c1CCCN2. The van der Waals surface area contributed by atoms with E-state index in [2.05, 4.69) is 35.5 Å². The number of methoxy groups -OCH3 is 1. The van der Waals surface area contributed by atoms with E-state index in [-0.39, 0.29) is 0 Å². The van der Waals surface area contributed by atoms with Gasteiger partial charge in [-0.3, -0.25) is 4.68 Å². The molecule has 0 radical (unpaired) electrons. The highest BCUT2D eigenvalue weighted by atomic mass is 16.5. The molecule has 1 aliphatic heterocycles. The number of nitrogens with zero attached hydrogens (tertiary/aromatic N) is 2. The summed E-state index contributed by atoms with van der Waals surface area (Å²) in [4.78, 5) is 0. The molecule has 4 heteroatoms. The summed E-state index contributed by atoms with van der Waals surface area (Å²) in [7, 11) is 1.70. The second-order valence-electron chi connectivity index (χ2n) is 4.74. The molecule has 4 nitrogen and oxygen atoms in total. The predicted octanol–water partition coefficient (Wildman–Crippen LogP) is 2.94. The lowest BCUT2D eigenvalue weighted by Gasteiger charge is -2.21. The standard InChI is InChI=1S/C15H19N3O/c1-3-18-15(14(19-2)10-17-18)12-6-4-8-13-11(12)7-5-9-16-13/h4,6,8,10,16H,3,5,7,9H2,1-2H3. The van der Waals surface area contributed by atoms with Crippen LogP contribution >= 0.6 is 0 Å². The molecule has 0 atom stereocenters. The monoisotopic (exact) mass is 257 g/mol. The van der Waals surface area contributed by atoms with E-state index in [1.54, 1.807) is 13.3 Å². The average Bonchev–Trinajstić information content (AvgIpc) is 2.89. The zero-order valence-corrected chi connectivity index (χ0v) is 11.4. The Hall–Kier alpha value is -1.97. The number of ether oxygens (including phenoxy) is 1. The minimum atomic E-state index is 0.843. The van der Waals surface area contributed by atoms with Crippen LogP contribution in [0.3, 0.4) is 0 Å². The van der Waals surface area contributed by atoms with E-state index in [4.69, 9.17) is 4.74 Å². The van der Waals surface area contributed by atoms with Crippen molar-refractivity contribution in [1.29, 1.82) is 0 Å². The highest BCUT2D eigenvalue weighted by Gasteiger charge is 2.19. The number of benzene rings is 1. The number of rotatable bonds is 3. The normalized spacial score (nSPS) is 13.8. The summed E-state index contributed by atoms with van der Waals surface area (Å²) in [6.07, 6.45) is 4.08. The summed E-state index contributed by atoms with van der Waals surface area (Å²) >= 11 is 0. The number of hydrogen-bond acceptors (Lipinski definition) is 3. The van der Waals surface area contributed by atoms with Crippen LogP contribution < -0.4 is 10.1 Å². The van der Waals surface area contributed by atoms with Gasteiger partial charge >= 0.3 is 0 Å². The Morgan fingerprint density at radius 3 is 3.11 bits per heavy atom. The molecule has 19 heavy (non-hydrogen) atoms. The van der Waals surface area contributed by atoms with E-state index >= 15 is 0 Å². The van der Waals surface area contributed by atoms with Gasteiger partial charge in [0.05, 0.1) is 13.3 Å². The lowest BCUT2D eigenvalue weighted by Crippen LogP contribution is -2.13. The maximum Gasteiger partial charge on any atom is 0.164 e. The van der Waals surface area contributed by atoms with Gasteiger partial charge in [-0.2, -0.15) is 5.10 Å². The molecule has 1 aromatic carbocycles. The van der Waals surface area contributed by atoms with Crippen LogP contribution in [0.4, 0.5) is 5.69 Å². The molecule has 2 heterocycles. The third-order valence-corrected chi connectivity index (χ3v) is 3.68. The van der Waals surface area contributed by atoms with Gasteiger partial charge in [-0.1, -0.05) is 12.1 Å². The van der Waals surface area contributed by atoms with E-state index in [0.717, 1.165) is 31.0 Å². The fourth-order valence-corrected chi connectivity index (χ4v) is 2.76. The van der Waals surface area contributed by atoms with E-state index in [1.807, 2.05) is 4.68 Å². The van der Waals surface area contributed by atoms with E-state index in [1.165, 1.54) is 23.2 Å². The summed E-state index contributed by atoms with van der Waals surface area (Å²) in [5.74, 6) is 0.848. The Labute approximate surface area is 113 Å². The molecule has 0 saturated carbocycles. The van der Waals surface area contributed by atoms with Crippen LogP contribution in [0.25, 0.3) is 11.3 Å². The molecular weight excluding hydrogens is 238 g/mol. The van der Waals surface area contributed by atoms with E-state index < -0.39 is 0 Å². The molecular formula is C15H19N3O. The molecule has 1 aliphatic rings. The predicted molar refractivity (Wildman–Crippen MR) is 76.7 cm³/mol. The van der Waals surface area contributed by atoms with Gasteiger partial charge in [0.2, 0.25) is 0 Å². The summed E-state index contributed by atoms with van der Waals surface area (Å²) in [6, 6.07) is 6.41. The van der Waals surface area contributed by atoms with Crippen LogP contribution in [0.5, 0.6) is 5.75 Å². The molecule has 3 rings (SSSR count). The highest BCUT2D eigenvalue weighted by molar-refractivity contribution is 5.76. The number of aryl methyl sites for hydroxylation is 1. The molecule has 0 bridgehead atoms. The van der Waals surface area contributed by atoms with Crippen LogP contribution in [-0.4, -0.2) is 23.4 Å². The van der Waals surface area contributed by atoms with Gasteiger partial charge in [-0.25, -0.2) is 0 Å². The molecule has 1 aromatic heterocycles. The van der Waals surface area contributed by atoms with Crippen LogP contribution in [-0.2, 0) is 13.0 Å². The van der Waals surface area contributed by atoms with Gasteiger partial charge in [0.25, 0.3) is 0 Å². The smallest absolute Gasteiger partial charge is 0.164 e. The first-order chi connectivity index (χ1) is 9.35. The number of fused-ring (bicyclic) bond motifs is 1. The molecule has 1 N–H and O–H groups in total. The van der Waals surface area contributed by atoms with Crippen LogP contribution in [0.15, 0.2) is 24.4 Å². The van der Waals surface area contributed by atoms with Crippen molar-refractivity contribution in [2.24, 2.45) is 0 Å². The van der Waals surface area contributed by atoms with Crippen molar-refractivity contribution in [1.82, 2.24) is 9.78 Å². The maximum absolute atomic E-state index is 5.47. The lowest BCUT2D eigenvalue weighted by atomic mass is 9.95. The lowest BCUT2D eigenvalue weighted by molar-refractivity contribution is 0.416. The average molecular weight is 257 g/mol. The van der Waals surface area contributed by atoms with Gasteiger partial charge in [0.1, 0.15) is 5.69 Å². The number of hydrogen-bond donors (Lipinski definition) is 1. The zero-order valence-electron chi connectivity index (χ0n) is 11.4. The molecule has 100 valence electrons. The van der Waals surface area contributed by atoms with Crippen molar-refractivity contribution >= 4 is 5.69 Å². The number of anilines is 1. The summed E-state index contributed by atoms with van der Waals surface area (Å²) in [5.41, 5.74) is 4.95. The third-order valence-electron chi connectivity index (χ3n) is 3.68. The maximum atomic E-state index is 5.47. The highest BCUT2D eigenvalue weighted by Crippen LogP contribution is 2.37. The minimum Gasteiger partial charge on any atom is -0.493 e. The van der Waals surface area contributed by atoms with Crippen molar-refractivity contribution < 1.29 is 4.74 Å². The van der Waals surface area contributed by atoms with Gasteiger partial charge in [0.15, 0.2) is 5.75 Å². The molecule has 0 saturated heterocycles. The molecule has 0 spiro atoms. The van der Waals surface area contributed by atoms with Gasteiger partial charge in [-0.15, -0.1) is 0 Å². The Balaban J connectivity index is 2.19. The van der Waals surface area contributed by atoms with Crippen LogP contribution in [0.1, 0.15) is 18.9 Å². The Kier molecular flexibility index (Phi) is 3.15. The summed E-state index contributed by atoms with van der Waals surface area (Å²) < 4.78 is 7.47. The van der Waals surface area contributed by atoms with E-state index in [9.17, 15) is 0 Å². The molecule has 0 unspecified atom stereocenters. The summed E-state index contributed by atoms with van der Waals surface area (Å²) in [6.45, 7) is 4.00. The van der Waals surface area contributed by atoms with Crippen molar-refractivity contribution in [2.45, 2.75) is 26.3 Å². The topological polar surface area (TPSA) is 39.1 Å². The second kappa shape index (κ2) is 4.96. The first-order valence-electron chi connectivity index (χ1n) is 6.81. The van der Waals surface area contributed by atoms with Crippen molar-refractivity contribution in [3.8, 4) is 17.0 Å². The Bertz CT molecular complexity index is 568. The number of nitrogens with one attached hydrogen (secondary N) is 1. The molecule has 2 aromatic rings. The van der Waals surface area contributed by atoms with E-state index in [0.29, 0.717) is 0 Å². The van der Waals surface area contributed by atoms with Crippen molar-refractivity contribution in [3.63, 3.8) is 0 Å². The Morgan fingerprint density at radius 2 is 2.32 bits per heavy atom. The van der Waals surface area contributed by atoms with Crippen molar-refractivity contribution in [3.05, 3.63) is 30.0 Å². The van der Waals surface area contributed by atoms with Crippen LogP contribution in [0, 0.1) is 0 Å². The fraction of sp³-hybridized carbons (Fsp3) is 0.400. The third kappa shape index (κ3) is 1.97. The largest absolute Gasteiger partial charge is 0.493 e. The van der Waals surface area contributed by atoms with Crippen LogP contribution in [0.2, 0.25) is 0 Å².